The zero-order valence-corrected chi connectivity index (χ0v) is 19.6. The number of halogens is 5. The van der Waals surface area contributed by atoms with E-state index in [1.807, 2.05) is 12.1 Å². The molecular formula is C30H27F5. The van der Waals surface area contributed by atoms with Gasteiger partial charge in [-0.25, -0.2) is 8.78 Å². The average molecular weight is 483 g/mol. The molecule has 1 aliphatic rings. The van der Waals surface area contributed by atoms with Crippen LogP contribution < -0.4 is 0 Å². The molecular weight excluding hydrogens is 455 g/mol. The standard InChI is InChI=1S/C30H27F5/c1-2-3-4-5-20-6-8-21(9-7-20)22-10-12-23(13-11-22)24-14-15-26-25(18-24)19-28(31)27(29(26)32)16-17-30(33,34)35/h6,8,10-15,18-21H,2-5,7,9H2,1H3. The van der Waals surface area contributed by atoms with E-state index in [1.54, 1.807) is 18.1 Å². The summed E-state index contributed by atoms with van der Waals surface area (Å²) in [5.41, 5.74) is 2.03. The average Bonchev–Trinajstić information content (AvgIpc) is 2.83. The molecule has 3 aromatic rings. The van der Waals surface area contributed by atoms with Crippen LogP contribution in [0, 0.1) is 29.4 Å². The Morgan fingerprint density at radius 1 is 0.886 bits per heavy atom. The van der Waals surface area contributed by atoms with Gasteiger partial charge in [0, 0.05) is 17.2 Å². The fourth-order valence-electron chi connectivity index (χ4n) is 4.73. The van der Waals surface area contributed by atoms with Crippen molar-refractivity contribution in [2.75, 3.05) is 0 Å². The van der Waals surface area contributed by atoms with Crippen LogP contribution in [0.15, 0.2) is 60.7 Å². The van der Waals surface area contributed by atoms with Crippen molar-refractivity contribution in [2.45, 2.75) is 57.5 Å². The number of benzene rings is 3. The van der Waals surface area contributed by atoms with Crippen molar-refractivity contribution in [1.29, 1.82) is 0 Å². The van der Waals surface area contributed by atoms with Gasteiger partial charge in [-0.2, -0.15) is 13.2 Å². The quantitative estimate of drug-likeness (QED) is 0.142. The molecule has 0 aromatic heterocycles. The lowest BCUT2D eigenvalue weighted by Crippen LogP contribution is -2.07. The van der Waals surface area contributed by atoms with Crippen LogP contribution in [0.1, 0.15) is 62.5 Å². The van der Waals surface area contributed by atoms with Gasteiger partial charge in [0.1, 0.15) is 11.6 Å². The number of alkyl halides is 3. The minimum atomic E-state index is -4.83. The Hall–Kier alpha value is -3.13. The predicted molar refractivity (Wildman–Crippen MR) is 131 cm³/mol. The van der Waals surface area contributed by atoms with Gasteiger partial charge in [0.05, 0.1) is 5.56 Å². The third kappa shape index (κ3) is 6.11. The first-order valence-electron chi connectivity index (χ1n) is 12.1. The second kappa shape index (κ2) is 10.6. The van der Waals surface area contributed by atoms with Crippen molar-refractivity contribution in [3.8, 4) is 23.0 Å². The van der Waals surface area contributed by atoms with E-state index in [2.05, 4.69) is 31.2 Å². The molecule has 0 N–H and O–H groups in total. The molecule has 0 heterocycles. The Balaban J connectivity index is 1.53. The minimum absolute atomic E-state index is 0.0269. The SMILES string of the molecule is CCCCCC1C=CC(c2ccc(-c3ccc4c(F)c(C#CC(F)(F)F)c(F)cc4c3)cc2)CC1. The first-order valence-corrected chi connectivity index (χ1v) is 12.1. The minimum Gasteiger partial charge on any atom is -0.205 e. The maximum absolute atomic E-state index is 14.7. The maximum Gasteiger partial charge on any atom is 0.458 e. The summed E-state index contributed by atoms with van der Waals surface area (Å²) in [4.78, 5) is 0. The molecule has 182 valence electrons. The van der Waals surface area contributed by atoms with Crippen LogP contribution in [0.2, 0.25) is 0 Å². The molecule has 0 fully saturated rings. The summed E-state index contributed by atoms with van der Waals surface area (Å²) in [7, 11) is 0. The van der Waals surface area contributed by atoms with Gasteiger partial charge in [0.15, 0.2) is 0 Å². The van der Waals surface area contributed by atoms with Gasteiger partial charge in [-0.1, -0.05) is 80.7 Å². The summed E-state index contributed by atoms with van der Waals surface area (Å²) >= 11 is 0. The van der Waals surface area contributed by atoms with E-state index in [0.717, 1.165) is 29.5 Å². The summed E-state index contributed by atoms with van der Waals surface area (Å²) in [6.07, 6.45) is 7.24. The van der Waals surface area contributed by atoms with E-state index in [9.17, 15) is 22.0 Å². The van der Waals surface area contributed by atoms with E-state index >= 15 is 0 Å². The van der Waals surface area contributed by atoms with E-state index in [1.165, 1.54) is 43.7 Å². The molecule has 2 atom stereocenters. The first-order chi connectivity index (χ1) is 16.7. The third-order valence-electron chi connectivity index (χ3n) is 6.67. The van der Waals surface area contributed by atoms with Gasteiger partial charge in [-0.15, -0.1) is 0 Å². The fourth-order valence-corrected chi connectivity index (χ4v) is 4.73. The second-order valence-electron chi connectivity index (χ2n) is 9.18. The number of fused-ring (bicyclic) bond motifs is 1. The van der Waals surface area contributed by atoms with Gasteiger partial charge in [0.2, 0.25) is 0 Å². The Kier molecular flexibility index (Phi) is 7.60. The monoisotopic (exact) mass is 482 g/mol. The Labute approximate surface area is 202 Å². The van der Waals surface area contributed by atoms with Crippen molar-refractivity contribution in [3.63, 3.8) is 0 Å². The number of hydrogen-bond donors (Lipinski definition) is 0. The Morgan fingerprint density at radius 3 is 2.29 bits per heavy atom. The van der Waals surface area contributed by atoms with Crippen molar-refractivity contribution < 1.29 is 22.0 Å². The van der Waals surface area contributed by atoms with Gasteiger partial charge in [-0.05, 0) is 59.4 Å². The summed E-state index contributed by atoms with van der Waals surface area (Å²) in [5.74, 6) is 1.38. The topological polar surface area (TPSA) is 0 Å². The summed E-state index contributed by atoms with van der Waals surface area (Å²) in [6, 6.07) is 14.0. The van der Waals surface area contributed by atoms with Crippen molar-refractivity contribution in [3.05, 3.63) is 83.4 Å². The lowest BCUT2D eigenvalue weighted by atomic mass is 9.82. The molecule has 4 rings (SSSR count). The molecule has 0 saturated heterocycles. The first kappa shape index (κ1) is 25.0. The van der Waals surface area contributed by atoms with Crippen LogP contribution in [0.3, 0.4) is 0 Å². The smallest absolute Gasteiger partial charge is 0.205 e. The highest BCUT2D eigenvalue weighted by molar-refractivity contribution is 5.89. The lowest BCUT2D eigenvalue weighted by molar-refractivity contribution is -0.0696. The number of unbranched alkanes of at least 4 members (excludes halogenated alkanes) is 2. The molecule has 2 unspecified atom stereocenters. The van der Waals surface area contributed by atoms with Crippen LogP contribution in [-0.2, 0) is 0 Å². The summed E-state index contributed by atoms with van der Waals surface area (Å²) in [5, 5.41) is 0.294. The fraction of sp³-hybridized carbons (Fsp3) is 0.333. The number of allylic oxidation sites excluding steroid dienone is 2. The van der Waals surface area contributed by atoms with Gasteiger partial charge >= 0.3 is 6.18 Å². The highest BCUT2D eigenvalue weighted by atomic mass is 19.4. The van der Waals surface area contributed by atoms with E-state index in [-0.39, 0.29) is 10.8 Å². The zero-order chi connectivity index (χ0) is 25.0. The van der Waals surface area contributed by atoms with E-state index < -0.39 is 23.4 Å². The van der Waals surface area contributed by atoms with Crippen molar-refractivity contribution in [1.82, 2.24) is 0 Å². The lowest BCUT2D eigenvalue weighted by Gasteiger charge is -2.23. The largest absolute Gasteiger partial charge is 0.458 e. The summed E-state index contributed by atoms with van der Waals surface area (Å²) < 4.78 is 66.1. The molecule has 0 radical (unpaired) electrons. The molecule has 0 spiro atoms. The normalized spacial score (nSPS) is 17.9. The highest BCUT2D eigenvalue weighted by Gasteiger charge is 2.24. The molecule has 0 saturated carbocycles. The molecule has 35 heavy (non-hydrogen) atoms. The van der Waals surface area contributed by atoms with Gasteiger partial charge < -0.3 is 0 Å². The molecule has 0 amide bonds. The molecule has 0 bridgehead atoms. The molecule has 1 aliphatic carbocycles. The molecule has 0 nitrogen and oxygen atoms in total. The molecule has 3 aromatic carbocycles. The van der Waals surface area contributed by atoms with Gasteiger partial charge in [0.25, 0.3) is 0 Å². The molecule has 0 aliphatic heterocycles. The van der Waals surface area contributed by atoms with Crippen LogP contribution in [-0.4, -0.2) is 6.18 Å². The van der Waals surface area contributed by atoms with Crippen LogP contribution in [0.4, 0.5) is 22.0 Å². The highest BCUT2D eigenvalue weighted by Crippen LogP contribution is 2.34. The van der Waals surface area contributed by atoms with Crippen LogP contribution in [0.5, 0.6) is 0 Å². The van der Waals surface area contributed by atoms with Gasteiger partial charge in [-0.3, -0.25) is 0 Å². The number of rotatable bonds is 6. The third-order valence-corrected chi connectivity index (χ3v) is 6.67. The maximum atomic E-state index is 14.7. The Bertz CT molecular complexity index is 1270. The van der Waals surface area contributed by atoms with E-state index in [4.69, 9.17) is 0 Å². The second-order valence-corrected chi connectivity index (χ2v) is 9.18. The molecule has 5 heteroatoms. The number of hydrogen-bond acceptors (Lipinski definition) is 0. The van der Waals surface area contributed by atoms with Crippen molar-refractivity contribution >= 4 is 10.8 Å². The van der Waals surface area contributed by atoms with E-state index in [0.29, 0.717) is 11.8 Å². The van der Waals surface area contributed by atoms with Crippen LogP contribution >= 0.6 is 0 Å². The van der Waals surface area contributed by atoms with Crippen molar-refractivity contribution in [2.24, 2.45) is 5.92 Å². The predicted octanol–water partition coefficient (Wildman–Crippen LogP) is 9.33. The summed E-state index contributed by atoms with van der Waals surface area (Å²) in [6.45, 7) is 2.22. The Morgan fingerprint density at radius 2 is 1.63 bits per heavy atom. The van der Waals surface area contributed by atoms with Crippen LogP contribution in [0.25, 0.3) is 21.9 Å². The zero-order valence-electron chi connectivity index (χ0n) is 19.6.